The number of aliphatic imine (C=N–C) groups is 1. The number of nitrogens with zero attached hydrogens (tertiary/aromatic N) is 4. The van der Waals surface area contributed by atoms with Crippen LogP contribution < -0.4 is 5.84 Å². The molecule has 2 N–H and O–H groups in total. The van der Waals surface area contributed by atoms with E-state index in [9.17, 15) is 0 Å². The Kier molecular flexibility index (Phi) is 6.37. The summed E-state index contributed by atoms with van der Waals surface area (Å²) in [5.74, 6) is 6.59. The normalized spacial score (nSPS) is 15.0. The Morgan fingerprint density at radius 3 is 2.21 bits per heavy atom. The molecule has 0 saturated carbocycles. The van der Waals surface area contributed by atoms with Gasteiger partial charge >= 0.3 is 0 Å². The monoisotopic (exact) mass is 605 g/mol. The van der Waals surface area contributed by atoms with Crippen LogP contribution in [0.4, 0.5) is 0 Å². The molecule has 1 aliphatic heterocycles. The number of hydrogen-bond donors (Lipinski definition) is 1. The van der Waals surface area contributed by atoms with Crippen LogP contribution >= 0.6 is 0 Å². The first-order valence-corrected chi connectivity index (χ1v) is 15.9. The van der Waals surface area contributed by atoms with E-state index < -0.39 is 6.17 Å². The second kappa shape index (κ2) is 11.0. The lowest BCUT2D eigenvalue weighted by atomic mass is 9.95. The molecular formula is C42H31N5. The molecule has 0 saturated heterocycles. The summed E-state index contributed by atoms with van der Waals surface area (Å²) in [6.07, 6.45) is 9.67. The number of benzene rings is 6. The molecule has 0 fully saturated rings. The van der Waals surface area contributed by atoms with Gasteiger partial charge in [0.25, 0.3) is 0 Å². The largest absolute Gasteiger partial charge is 0.316 e. The van der Waals surface area contributed by atoms with Gasteiger partial charge in [-0.25, -0.2) is 10.8 Å². The van der Waals surface area contributed by atoms with Crippen LogP contribution in [-0.4, -0.2) is 26.6 Å². The number of fused-ring (bicyclic) bond motifs is 6. The standard InChI is InChI=1S/C42H31N5/c43-47-26-9-17-35(31-21-19-30(20-22-31)34-16-8-11-29-10-4-5-14-33(29)34)42(47)44-28-46-39-18-7-6-15-36(39)37-23-24-40-38(41(37)46)25-27-45(40)32-12-2-1-3-13-32/h1-28,42H,43H2/b44-28+. The van der Waals surface area contributed by atoms with Crippen LogP contribution in [0.1, 0.15) is 5.56 Å². The van der Waals surface area contributed by atoms with Gasteiger partial charge in [0.15, 0.2) is 6.17 Å². The Hall–Kier alpha value is -6.17. The van der Waals surface area contributed by atoms with E-state index in [0.717, 1.165) is 33.4 Å². The fourth-order valence-electron chi connectivity index (χ4n) is 7.07. The number of aromatic nitrogens is 2. The van der Waals surface area contributed by atoms with Gasteiger partial charge in [-0.2, -0.15) is 0 Å². The second-order valence-electron chi connectivity index (χ2n) is 12.0. The molecule has 5 nitrogen and oxygen atoms in total. The van der Waals surface area contributed by atoms with E-state index >= 15 is 0 Å². The van der Waals surface area contributed by atoms with E-state index in [4.69, 9.17) is 10.8 Å². The lowest BCUT2D eigenvalue weighted by Gasteiger charge is -2.28. The van der Waals surface area contributed by atoms with E-state index in [2.05, 4.69) is 155 Å². The summed E-state index contributed by atoms with van der Waals surface area (Å²) in [7, 11) is 0. The molecule has 0 aliphatic carbocycles. The maximum absolute atomic E-state index is 6.59. The number of para-hydroxylation sites is 2. The number of allylic oxidation sites excluding steroid dienone is 2. The molecule has 3 heterocycles. The quantitative estimate of drug-likeness (QED) is 0.121. The first-order chi connectivity index (χ1) is 23.2. The summed E-state index contributed by atoms with van der Waals surface area (Å²) in [5, 5.41) is 7.72. The van der Waals surface area contributed by atoms with E-state index in [0.29, 0.717) is 0 Å². The van der Waals surface area contributed by atoms with Crippen molar-refractivity contribution in [3.8, 4) is 16.8 Å². The van der Waals surface area contributed by atoms with Gasteiger partial charge in [0.1, 0.15) is 0 Å². The van der Waals surface area contributed by atoms with Crippen molar-refractivity contribution < 1.29 is 0 Å². The molecule has 0 bridgehead atoms. The minimum absolute atomic E-state index is 0.396. The summed E-state index contributed by atoms with van der Waals surface area (Å²) in [4.78, 5) is 5.17. The summed E-state index contributed by atoms with van der Waals surface area (Å²) < 4.78 is 4.46. The number of rotatable bonds is 5. The van der Waals surface area contributed by atoms with Crippen LogP contribution in [0.5, 0.6) is 0 Å². The Balaban J connectivity index is 1.13. The predicted molar refractivity (Wildman–Crippen MR) is 196 cm³/mol. The van der Waals surface area contributed by atoms with Gasteiger partial charge in [-0.05, 0) is 63.9 Å². The minimum atomic E-state index is -0.396. The molecular weight excluding hydrogens is 574 g/mol. The van der Waals surface area contributed by atoms with Gasteiger partial charge in [-0.1, -0.05) is 115 Å². The topological polar surface area (TPSA) is 51.5 Å². The zero-order chi connectivity index (χ0) is 31.3. The highest BCUT2D eigenvalue weighted by atomic mass is 15.5. The molecule has 0 spiro atoms. The lowest BCUT2D eigenvalue weighted by Crippen LogP contribution is -2.37. The molecule has 5 heteroatoms. The Labute approximate surface area is 272 Å². The summed E-state index contributed by atoms with van der Waals surface area (Å²) in [6, 6.07) is 49.4. The third-order valence-electron chi connectivity index (χ3n) is 9.31. The van der Waals surface area contributed by atoms with Gasteiger partial charge < -0.3 is 4.57 Å². The Morgan fingerprint density at radius 2 is 1.34 bits per heavy atom. The van der Waals surface area contributed by atoms with Crippen LogP contribution in [0, 0.1) is 0 Å². The zero-order valence-electron chi connectivity index (χ0n) is 25.6. The third-order valence-corrected chi connectivity index (χ3v) is 9.31. The predicted octanol–water partition coefficient (Wildman–Crippen LogP) is 9.55. The smallest absolute Gasteiger partial charge is 0.162 e. The van der Waals surface area contributed by atoms with Crippen LogP contribution in [0.25, 0.3) is 65.9 Å². The highest BCUT2D eigenvalue weighted by Crippen LogP contribution is 2.36. The van der Waals surface area contributed by atoms with Gasteiger partial charge in [-0.15, -0.1) is 0 Å². The number of hydrogen-bond acceptors (Lipinski definition) is 3. The minimum Gasteiger partial charge on any atom is -0.316 e. The van der Waals surface area contributed by atoms with Crippen molar-refractivity contribution in [1.29, 1.82) is 0 Å². The van der Waals surface area contributed by atoms with Crippen molar-refractivity contribution in [3.05, 3.63) is 170 Å². The molecule has 1 aliphatic rings. The highest BCUT2D eigenvalue weighted by molar-refractivity contribution is 6.20. The Bertz CT molecular complexity index is 2530. The zero-order valence-corrected chi connectivity index (χ0v) is 25.6. The van der Waals surface area contributed by atoms with Crippen LogP contribution in [0.2, 0.25) is 0 Å². The fourth-order valence-corrected chi connectivity index (χ4v) is 7.07. The second-order valence-corrected chi connectivity index (χ2v) is 12.0. The van der Waals surface area contributed by atoms with E-state index in [1.165, 1.54) is 38.1 Å². The van der Waals surface area contributed by atoms with Crippen LogP contribution in [0.15, 0.2) is 169 Å². The van der Waals surface area contributed by atoms with E-state index in [-0.39, 0.29) is 0 Å². The van der Waals surface area contributed by atoms with Crippen LogP contribution in [0.3, 0.4) is 0 Å². The molecule has 0 amide bonds. The van der Waals surface area contributed by atoms with Crippen molar-refractivity contribution in [3.63, 3.8) is 0 Å². The first kappa shape index (κ1) is 27.2. The molecule has 9 rings (SSSR count). The Morgan fingerprint density at radius 1 is 0.596 bits per heavy atom. The molecule has 8 aromatic rings. The molecule has 2 aromatic heterocycles. The summed E-state index contributed by atoms with van der Waals surface area (Å²) in [5.41, 5.74) is 9.03. The van der Waals surface area contributed by atoms with Crippen molar-refractivity contribution in [2.24, 2.45) is 10.8 Å². The maximum atomic E-state index is 6.59. The number of nitrogens with two attached hydrogens (primary N) is 1. The molecule has 1 unspecified atom stereocenters. The molecule has 47 heavy (non-hydrogen) atoms. The van der Waals surface area contributed by atoms with Crippen molar-refractivity contribution in [2.45, 2.75) is 6.17 Å². The van der Waals surface area contributed by atoms with Crippen molar-refractivity contribution in [2.75, 3.05) is 0 Å². The lowest BCUT2D eigenvalue weighted by molar-refractivity contribution is 0.346. The summed E-state index contributed by atoms with van der Waals surface area (Å²) in [6.45, 7) is 0. The maximum Gasteiger partial charge on any atom is 0.162 e. The highest BCUT2D eigenvalue weighted by Gasteiger charge is 2.22. The molecule has 224 valence electrons. The average Bonchev–Trinajstić information content (AvgIpc) is 3.71. The third kappa shape index (κ3) is 4.48. The average molecular weight is 606 g/mol. The van der Waals surface area contributed by atoms with Gasteiger partial charge in [0.2, 0.25) is 0 Å². The fraction of sp³-hybridized carbons (Fsp3) is 0.0238. The van der Waals surface area contributed by atoms with E-state index in [1.807, 2.05) is 24.7 Å². The first-order valence-electron chi connectivity index (χ1n) is 15.9. The van der Waals surface area contributed by atoms with E-state index in [1.54, 1.807) is 5.01 Å². The van der Waals surface area contributed by atoms with Crippen LogP contribution in [-0.2, 0) is 0 Å². The molecule has 6 aromatic carbocycles. The van der Waals surface area contributed by atoms with Gasteiger partial charge in [0, 0.05) is 39.8 Å². The SMILES string of the molecule is NN1C=CC=C(c2ccc(-c3cccc4ccccc34)cc2)C1/N=C/n1c2ccccc2c2ccc3c(ccn3-c3ccccc3)c21. The van der Waals surface area contributed by atoms with Gasteiger partial charge in [0.05, 0.1) is 22.9 Å². The molecule has 1 atom stereocenters. The number of hydrazine groups is 1. The molecule has 0 radical (unpaired) electrons. The van der Waals surface area contributed by atoms with Crippen molar-refractivity contribution in [1.82, 2.24) is 14.1 Å². The summed E-state index contributed by atoms with van der Waals surface area (Å²) >= 11 is 0. The van der Waals surface area contributed by atoms with Crippen molar-refractivity contribution >= 4 is 55.4 Å². The van der Waals surface area contributed by atoms with Gasteiger partial charge in [-0.3, -0.25) is 9.58 Å².